The molecule has 1 heterocycles. The highest BCUT2D eigenvalue weighted by molar-refractivity contribution is 14.0. The highest BCUT2D eigenvalue weighted by Gasteiger charge is 2.31. The molecule has 25 heavy (non-hydrogen) atoms. The maximum atomic E-state index is 4.43. The van der Waals surface area contributed by atoms with Gasteiger partial charge in [-0.1, -0.05) is 51.1 Å². The number of nitrogens with one attached hydrogen (secondary N) is 2. The quantitative estimate of drug-likeness (QED) is 0.403. The minimum Gasteiger partial charge on any atom is -0.356 e. The molecule has 0 bridgehead atoms. The molecule has 1 saturated heterocycles. The second-order valence-electron chi connectivity index (χ2n) is 7.95. The average molecular weight is 458 g/mol. The molecule has 0 aromatic heterocycles. The van der Waals surface area contributed by atoms with Gasteiger partial charge in [0, 0.05) is 44.2 Å². The third-order valence-electron chi connectivity index (χ3n) is 5.17. The first-order chi connectivity index (χ1) is 11.3. The molecule has 0 spiro atoms. The van der Waals surface area contributed by atoms with Crippen LogP contribution in [0.5, 0.6) is 0 Å². The van der Waals surface area contributed by atoms with Crippen molar-refractivity contribution in [1.82, 2.24) is 15.5 Å². The maximum Gasteiger partial charge on any atom is 0.191 e. The van der Waals surface area contributed by atoms with Gasteiger partial charge in [-0.15, -0.1) is 24.0 Å². The summed E-state index contributed by atoms with van der Waals surface area (Å²) in [6.45, 7) is 14.5. The lowest BCUT2D eigenvalue weighted by Crippen LogP contribution is -2.49. The number of hydrogen-bond acceptors (Lipinski definition) is 2. The number of aliphatic imine (C=N–C) groups is 1. The molecule has 0 radical (unpaired) electrons. The van der Waals surface area contributed by atoms with Crippen LogP contribution in [0.3, 0.4) is 0 Å². The molecule has 1 aliphatic rings. The molecule has 0 aliphatic carbocycles. The first-order valence-electron chi connectivity index (χ1n) is 9.10. The molecule has 0 saturated carbocycles. The molecule has 2 N–H and O–H groups in total. The fourth-order valence-corrected chi connectivity index (χ4v) is 3.28. The Balaban J connectivity index is 0.00000312. The van der Waals surface area contributed by atoms with E-state index in [9.17, 15) is 0 Å². The summed E-state index contributed by atoms with van der Waals surface area (Å²) in [7, 11) is 1.85. The summed E-state index contributed by atoms with van der Waals surface area (Å²) in [5, 5.41) is 7.14. The zero-order valence-electron chi connectivity index (χ0n) is 16.5. The molecular weight excluding hydrogens is 423 g/mol. The molecule has 4 nitrogen and oxygen atoms in total. The number of hydrogen-bond donors (Lipinski definition) is 2. The van der Waals surface area contributed by atoms with Crippen LogP contribution in [0.4, 0.5) is 0 Å². The number of guanidine groups is 1. The van der Waals surface area contributed by atoms with Gasteiger partial charge in [0.2, 0.25) is 0 Å². The predicted octanol–water partition coefficient (Wildman–Crippen LogP) is 3.48. The molecule has 1 aromatic rings. The first-order valence-corrected chi connectivity index (χ1v) is 9.10. The Morgan fingerprint density at radius 3 is 2.40 bits per heavy atom. The summed E-state index contributed by atoms with van der Waals surface area (Å²) < 4.78 is 0. The van der Waals surface area contributed by atoms with Gasteiger partial charge in [0.25, 0.3) is 0 Å². The number of benzene rings is 1. The van der Waals surface area contributed by atoms with Crippen molar-refractivity contribution in [3.05, 3.63) is 35.9 Å². The van der Waals surface area contributed by atoms with Crippen LogP contribution in [0.1, 0.15) is 40.2 Å². The van der Waals surface area contributed by atoms with Crippen molar-refractivity contribution in [3.63, 3.8) is 0 Å². The molecule has 142 valence electrons. The highest BCUT2D eigenvalue weighted by atomic mass is 127. The van der Waals surface area contributed by atoms with Crippen LogP contribution < -0.4 is 10.6 Å². The van der Waals surface area contributed by atoms with Crippen LogP contribution in [-0.4, -0.2) is 49.6 Å². The van der Waals surface area contributed by atoms with Crippen molar-refractivity contribution in [2.45, 2.75) is 52.1 Å². The molecular formula is C20H35IN4. The summed E-state index contributed by atoms with van der Waals surface area (Å²) in [5.41, 5.74) is 1.40. The van der Waals surface area contributed by atoms with Crippen LogP contribution in [0.15, 0.2) is 35.3 Å². The van der Waals surface area contributed by atoms with Gasteiger partial charge in [-0.05, 0) is 25.3 Å². The third kappa shape index (κ3) is 6.13. The van der Waals surface area contributed by atoms with Gasteiger partial charge >= 0.3 is 0 Å². The van der Waals surface area contributed by atoms with E-state index in [4.69, 9.17) is 0 Å². The minimum atomic E-state index is 0. The second kappa shape index (κ2) is 9.76. The molecule has 5 heteroatoms. The molecule has 2 atom stereocenters. The van der Waals surface area contributed by atoms with Crippen LogP contribution in [0.25, 0.3) is 0 Å². The summed E-state index contributed by atoms with van der Waals surface area (Å²) in [6.07, 6.45) is 0. The van der Waals surface area contributed by atoms with E-state index in [0.717, 1.165) is 25.6 Å². The van der Waals surface area contributed by atoms with Crippen molar-refractivity contribution < 1.29 is 0 Å². The molecule has 1 aromatic carbocycles. The number of nitrogens with zero attached hydrogens (tertiary/aromatic N) is 2. The number of likely N-dealkylation sites (tertiary alicyclic amines) is 1. The lowest BCUT2D eigenvalue weighted by atomic mass is 9.85. The van der Waals surface area contributed by atoms with Crippen molar-refractivity contribution in [1.29, 1.82) is 0 Å². The van der Waals surface area contributed by atoms with E-state index >= 15 is 0 Å². The van der Waals surface area contributed by atoms with Crippen molar-refractivity contribution in [2.24, 2.45) is 10.9 Å². The van der Waals surface area contributed by atoms with E-state index in [1.54, 1.807) is 0 Å². The normalized spacial score (nSPS) is 22.0. The van der Waals surface area contributed by atoms with Gasteiger partial charge < -0.3 is 10.6 Å². The molecule has 0 amide bonds. The fraction of sp³-hybridized carbons (Fsp3) is 0.650. The van der Waals surface area contributed by atoms with Gasteiger partial charge in [0.15, 0.2) is 5.96 Å². The fourth-order valence-electron chi connectivity index (χ4n) is 3.28. The summed E-state index contributed by atoms with van der Waals surface area (Å²) in [6, 6.07) is 11.7. The standard InChI is InChI=1S/C20H34N4.HI/c1-15(2)24-12-16(3)18(13-24)23-19(21-6)22-14-20(4,5)17-10-8-7-9-11-17;/h7-11,15-16,18H,12-14H2,1-6H3,(H2,21,22,23);1H. The molecule has 1 fully saturated rings. The summed E-state index contributed by atoms with van der Waals surface area (Å²) in [5.74, 6) is 1.54. The lowest BCUT2D eigenvalue weighted by molar-refractivity contribution is 0.265. The van der Waals surface area contributed by atoms with Gasteiger partial charge in [0.05, 0.1) is 0 Å². The lowest BCUT2D eigenvalue weighted by Gasteiger charge is -2.28. The third-order valence-corrected chi connectivity index (χ3v) is 5.17. The number of halogens is 1. The van der Waals surface area contributed by atoms with Crippen LogP contribution in [0, 0.1) is 5.92 Å². The number of rotatable bonds is 5. The zero-order valence-corrected chi connectivity index (χ0v) is 18.9. The predicted molar refractivity (Wildman–Crippen MR) is 119 cm³/mol. The average Bonchev–Trinajstić information content (AvgIpc) is 2.93. The van der Waals surface area contributed by atoms with Gasteiger partial charge in [0.1, 0.15) is 0 Å². The maximum absolute atomic E-state index is 4.43. The van der Waals surface area contributed by atoms with E-state index in [1.807, 2.05) is 7.05 Å². The Labute approximate surface area is 170 Å². The molecule has 2 unspecified atom stereocenters. The van der Waals surface area contributed by atoms with Crippen LogP contribution >= 0.6 is 24.0 Å². The summed E-state index contributed by atoms with van der Waals surface area (Å²) >= 11 is 0. The van der Waals surface area contributed by atoms with E-state index in [0.29, 0.717) is 18.0 Å². The monoisotopic (exact) mass is 458 g/mol. The Morgan fingerprint density at radius 1 is 1.24 bits per heavy atom. The minimum absolute atomic E-state index is 0. The van der Waals surface area contributed by atoms with Crippen LogP contribution in [-0.2, 0) is 5.41 Å². The van der Waals surface area contributed by atoms with Gasteiger partial charge in [-0.2, -0.15) is 0 Å². The van der Waals surface area contributed by atoms with Gasteiger partial charge in [-0.25, -0.2) is 0 Å². The summed E-state index contributed by atoms with van der Waals surface area (Å²) in [4.78, 5) is 6.96. The Bertz CT molecular complexity index is 542. The Morgan fingerprint density at radius 2 is 1.88 bits per heavy atom. The van der Waals surface area contributed by atoms with Crippen molar-refractivity contribution in [3.8, 4) is 0 Å². The molecule has 1 aliphatic heterocycles. The van der Waals surface area contributed by atoms with Crippen LogP contribution in [0.2, 0.25) is 0 Å². The largest absolute Gasteiger partial charge is 0.356 e. The topological polar surface area (TPSA) is 39.7 Å². The van der Waals surface area contributed by atoms with Crippen molar-refractivity contribution >= 4 is 29.9 Å². The molecule has 2 rings (SSSR count). The second-order valence-corrected chi connectivity index (χ2v) is 7.95. The van der Waals surface area contributed by atoms with Gasteiger partial charge in [-0.3, -0.25) is 9.89 Å². The van der Waals surface area contributed by atoms with Crippen molar-refractivity contribution in [2.75, 3.05) is 26.7 Å². The first kappa shape index (κ1) is 22.2. The van der Waals surface area contributed by atoms with E-state index in [-0.39, 0.29) is 29.4 Å². The smallest absolute Gasteiger partial charge is 0.191 e. The Kier molecular flexibility index (Phi) is 8.68. The Hall–Kier alpha value is -0.820. The highest BCUT2D eigenvalue weighted by Crippen LogP contribution is 2.22. The van der Waals surface area contributed by atoms with E-state index in [1.165, 1.54) is 5.56 Å². The van der Waals surface area contributed by atoms with E-state index < -0.39 is 0 Å². The zero-order chi connectivity index (χ0) is 17.7. The SMILES string of the molecule is CN=C(NCC(C)(C)c1ccccc1)NC1CN(C(C)C)CC1C.I. The van der Waals surface area contributed by atoms with E-state index in [2.05, 4.69) is 85.5 Å².